The summed E-state index contributed by atoms with van der Waals surface area (Å²) in [6.07, 6.45) is 112. The van der Waals surface area contributed by atoms with E-state index in [-0.39, 0.29) is 19.3 Å². The van der Waals surface area contributed by atoms with Crippen LogP contribution in [0.5, 0.6) is 0 Å². The molecule has 0 aromatic carbocycles. The highest BCUT2D eigenvalue weighted by Gasteiger charge is 2.30. The Morgan fingerprint density at radius 3 is 0.735 bits per heavy atom. The first-order valence-electron chi connectivity index (χ1n) is 48.2. The van der Waals surface area contributed by atoms with E-state index in [1.54, 1.807) is 0 Å². The van der Waals surface area contributed by atoms with Gasteiger partial charge in [-0.05, 0) is 109 Å². The summed E-state index contributed by atoms with van der Waals surface area (Å²) in [5, 5.41) is 20.7. The molecule has 0 fully saturated rings. The van der Waals surface area contributed by atoms with Crippen LogP contribution in [0.1, 0.15) is 445 Å². The third-order valence-electron chi connectivity index (χ3n) is 21.0. The van der Waals surface area contributed by atoms with Gasteiger partial charge in [-0.15, -0.1) is 0 Å². The van der Waals surface area contributed by atoms with Gasteiger partial charge in [0.15, 0.2) is 6.10 Å². The molecule has 0 rings (SSSR count). The molecule has 16 nitrogen and oxygen atoms in total. The van der Waals surface area contributed by atoms with Crippen LogP contribution in [-0.2, 0) is 55.8 Å². The minimum atomic E-state index is -4.93. The average Bonchev–Trinajstić information content (AvgIpc) is 0.865. The fourth-order valence-corrected chi connectivity index (χ4v) is 15.3. The van der Waals surface area contributed by atoms with Crippen molar-refractivity contribution in [3.05, 3.63) is 109 Å². The van der Waals surface area contributed by atoms with Crippen molar-refractivity contribution < 1.29 is 75.8 Å². The van der Waals surface area contributed by atoms with Gasteiger partial charge >= 0.3 is 33.6 Å². The van der Waals surface area contributed by atoms with Crippen molar-refractivity contribution >= 4 is 33.6 Å². The summed E-state index contributed by atoms with van der Waals surface area (Å²) in [7, 11) is -9.79. The Kier molecular flexibility index (Phi) is 88.5. The summed E-state index contributed by atoms with van der Waals surface area (Å²) in [6.45, 7) is 2.64. The van der Waals surface area contributed by atoms with Gasteiger partial charge < -0.3 is 34.2 Å². The zero-order chi connectivity index (χ0) is 85.1. The number of carbonyl (C=O) groups excluding carboxylic acids is 3. The Morgan fingerprint density at radius 2 is 0.453 bits per heavy atom. The number of esters is 3. The Balaban J connectivity index is 4.39. The van der Waals surface area contributed by atoms with Gasteiger partial charge in [0.1, 0.15) is 25.4 Å². The monoisotopic (exact) mass is 1690 g/mol. The Labute approximate surface area is 717 Å². The number of phosphoric ester groups is 2. The fraction of sp³-hybridized carbons (Fsp3) is 0.788. The van der Waals surface area contributed by atoms with E-state index in [0.717, 1.165) is 116 Å². The lowest BCUT2D eigenvalue weighted by atomic mass is 10.0. The molecular weight excluding hydrogens is 1510 g/mol. The third kappa shape index (κ3) is 92.8. The second-order valence-corrected chi connectivity index (χ2v) is 35.4. The normalized spacial score (nSPS) is 14.2. The largest absolute Gasteiger partial charge is 0.472 e. The van der Waals surface area contributed by atoms with Crippen molar-refractivity contribution in [3.63, 3.8) is 0 Å². The van der Waals surface area contributed by atoms with Crippen LogP contribution in [0.3, 0.4) is 0 Å². The summed E-state index contributed by atoms with van der Waals surface area (Å²) in [4.78, 5) is 59.0. The minimum Gasteiger partial charge on any atom is -0.463 e. The van der Waals surface area contributed by atoms with Crippen LogP contribution in [0.25, 0.3) is 0 Å². The average molecular weight is 1690 g/mol. The maximum Gasteiger partial charge on any atom is 0.472 e. The number of unbranched alkanes of at least 4 members (excludes halogenated alkanes) is 51. The molecule has 0 aliphatic carbocycles. The van der Waals surface area contributed by atoms with Crippen LogP contribution in [0, 0.1) is 0 Å². The predicted octanol–water partition coefficient (Wildman–Crippen LogP) is 29.8. The summed E-state index contributed by atoms with van der Waals surface area (Å²) in [5.74, 6) is -1.54. The number of allylic oxidation sites excluding steroid dienone is 18. The van der Waals surface area contributed by atoms with Gasteiger partial charge in [-0.3, -0.25) is 32.5 Å². The highest BCUT2D eigenvalue weighted by Crippen LogP contribution is 2.45. The van der Waals surface area contributed by atoms with Crippen molar-refractivity contribution in [2.75, 3.05) is 39.6 Å². The Morgan fingerprint density at radius 1 is 0.248 bits per heavy atom. The van der Waals surface area contributed by atoms with E-state index in [2.05, 4.69) is 130 Å². The van der Waals surface area contributed by atoms with Crippen LogP contribution in [0.4, 0.5) is 0 Å². The molecule has 0 aromatic rings. The second kappa shape index (κ2) is 91.4. The van der Waals surface area contributed by atoms with Crippen LogP contribution >= 0.6 is 15.6 Å². The fourth-order valence-electron chi connectivity index (χ4n) is 13.7. The number of hydrogen-bond acceptors (Lipinski definition) is 14. The molecule has 0 aromatic heterocycles. The molecule has 0 amide bonds. The first kappa shape index (κ1) is 113. The molecule has 5 atom stereocenters. The summed E-state index contributed by atoms with van der Waals surface area (Å²) >= 11 is 0. The molecule has 5 unspecified atom stereocenters. The molecule has 0 bridgehead atoms. The lowest BCUT2D eigenvalue weighted by Gasteiger charge is -2.21. The topological polar surface area (TPSA) is 231 Å². The third-order valence-corrected chi connectivity index (χ3v) is 22.9. The number of ether oxygens (including phenoxy) is 3. The van der Waals surface area contributed by atoms with Gasteiger partial charge in [0.05, 0.1) is 26.4 Å². The van der Waals surface area contributed by atoms with Gasteiger partial charge in [0.25, 0.3) is 0 Å². The molecular formula is C99H178O16P2. The van der Waals surface area contributed by atoms with Crippen LogP contribution in [-0.4, -0.2) is 95.9 Å². The van der Waals surface area contributed by atoms with Gasteiger partial charge in [-0.1, -0.05) is 425 Å². The molecule has 680 valence electrons. The smallest absolute Gasteiger partial charge is 0.463 e. The van der Waals surface area contributed by atoms with Crippen LogP contribution < -0.4 is 0 Å². The highest BCUT2D eigenvalue weighted by atomic mass is 31.2. The molecule has 4 N–H and O–H groups in total. The van der Waals surface area contributed by atoms with E-state index in [1.165, 1.54) is 270 Å². The summed E-state index contributed by atoms with van der Waals surface area (Å²) in [6, 6.07) is 0. The molecule has 0 heterocycles. The second-order valence-electron chi connectivity index (χ2n) is 32.5. The molecule has 0 radical (unpaired) electrons. The molecule has 0 aliphatic heterocycles. The van der Waals surface area contributed by atoms with Gasteiger partial charge in [-0.25, -0.2) is 9.13 Å². The van der Waals surface area contributed by atoms with Gasteiger partial charge in [0.2, 0.25) is 0 Å². The van der Waals surface area contributed by atoms with Crippen molar-refractivity contribution in [1.82, 2.24) is 0 Å². The van der Waals surface area contributed by atoms with Crippen LogP contribution in [0.2, 0.25) is 0 Å². The maximum absolute atomic E-state index is 13.0. The van der Waals surface area contributed by atoms with Crippen molar-refractivity contribution in [3.8, 4) is 0 Å². The zero-order valence-electron chi connectivity index (χ0n) is 75.1. The van der Waals surface area contributed by atoms with Gasteiger partial charge in [-0.2, -0.15) is 0 Å². The van der Waals surface area contributed by atoms with E-state index < -0.39 is 91.5 Å². The lowest BCUT2D eigenvalue weighted by Crippen LogP contribution is -2.30. The number of aliphatic hydroxyl groups is 2. The van der Waals surface area contributed by atoms with Gasteiger partial charge in [0, 0.05) is 19.3 Å². The molecule has 0 saturated carbocycles. The zero-order valence-corrected chi connectivity index (χ0v) is 76.9. The van der Waals surface area contributed by atoms with E-state index in [4.69, 9.17) is 32.3 Å². The van der Waals surface area contributed by atoms with Crippen LogP contribution in [0.15, 0.2) is 109 Å². The predicted molar refractivity (Wildman–Crippen MR) is 491 cm³/mol. The number of carbonyl (C=O) groups is 3. The van der Waals surface area contributed by atoms with Crippen molar-refractivity contribution in [2.45, 2.75) is 463 Å². The summed E-state index contributed by atoms with van der Waals surface area (Å²) in [5.41, 5.74) is 0. The molecule has 0 aliphatic rings. The lowest BCUT2D eigenvalue weighted by molar-refractivity contribution is -0.161. The molecule has 0 saturated heterocycles. The number of aliphatic hydroxyl groups excluding tert-OH is 2. The Hall–Kier alpha value is -3.79. The summed E-state index contributed by atoms with van der Waals surface area (Å²) < 4.78 is 61.5. The van der Waals surface area contributed by atoms with E-state index in [9.17, 15) is 43.5 Å². The first-order valence-corrected chi connectivity index (χ1v) is 51.2. The minimum absolute atomic E-state index is 0.110. The number of phosphoric acid groups is 2. The maximum atomic E-state index is 13.0. The van der Waals surface area contributed by atoms with Crippen molar-refractivity contribution in [2.24, 2.45) is 0 Å². The van der Waals surface area contributed by atoms with E-state index in [1.807, 2.05) is 0 Å². The molecule has 0 spiro atoms. The van der Waals surface area contributed by atoms with E-state index in [0.29, 0.717) is 19.3 Å². The number of rotatable bonds is 92. The molecule has 18 heteroatoms. The molecule has 117 heavy (non-hydrogen) atoms. The highest BCUT2D eigenvalue weighted by molar-refractivity contribution is 7.47. The SMILES string of the molecule is CC/C=C\C/C=C\C/C=C\C/C=C\C/C=C\CCCCCCCCCCCCCCCCCC(=O)OCC(COP(=O)(O)OCC(O)COP(=O)(O)OCC(O)COC(=O)CCCCCCCCCCCCCCCCCCCCC/C=C\C/C=C\C/C=C\C/C=C\CCCCC)OC(=O)CCCCCCCCCCCCCCCCC. The quantitative estimate of drug-likeness (QED) is 0.0146. The van der Waals surface area contributed by atoms with Crippen molar-refractivity contribution in [1.29, 1.82) is 0 Å². The Bertz CT molecular complexity index is 2560. The standard InChI is InChI=1S/C99H178O16P2/c1-4-7-10-13-16-19-22-25-28-30-32-34-36-38-40-42-44-45-46-47-49-51-52-54-56-58-60-62-65-67-70-73-76-79-82-85-97(102)109-88-94(100)89-111-116(105,106)112-90-95(101)91-113-117(107,108)114-93-96(115-99(104)87-84-81-78-75-72-69-64-27-24-21-18-15-12-9-6-3)92-110-98(103)86-83-80-77-74-71-68-66-63-61-59-57-55-53-50-48-43-41-39-37-35-33-31-29-26-23-20-17-14-11-8-5-2/h8,11,16-17,19-20,25-26,28-29,32-35,38-41,94-96,100-101H,4-7,9-10,12-15,18,21-24,27,30-31,36-37,42-93H2,1-3H3,(H,105,106)(H,107,108)/b11-8-,19-16-,20-17-,28-25-,29-26-,34-32-,35-33-,40-38-,41-39-. The van der Waals surface area contributed by atoms with E-state index >= 15 is 0 Å². The first-order chi connectivity index (χ1) is 57.2. The number of hydrogen-bond donors (Lipinski definition) is 4.